The van der Waals surface area contributed by atoms with Gasteiger partial charge >= 0.3 is 0 Å². The van der Waals surface area contributed by atoms with Crippen LogP contribution < -0.4 is 11.1 Å². The predicted molar refractivity (Wildman–Crippen MR) is 131 cm³/mol. The van der Waals surface area contributed by atoms with Crippen molar-refractivity contribution in [2.45, 2.75) is 147 Å². The van der Waals surface area contributed by atoms with E-state index in [0.717, 1.165) is 83.5 Å². The Hall–Kier alpha value is -1.59. The van der Waals surface area contributed by atoms with Crippen molar-refractivity contribution in [1.29, 1.82) is 0 Å². The standard InChI is InChI=1S/C27H47N3O3/c1-5-27(21(28)31,22(32)29-24(2)15-9-6-10-16-24)23(33)30(25(3)17-11-7-12-18-25)26(4)19-13-8-14-20-26/h5-20H2,1-4H3,(H2,28,31)(H,29,32). The zero-order valence-corrected chi connectivity index (χ0v) is 21.6. The van der Waals surface area contributed by atoms with Crippen LogP contribution in [0.3, 0.4) is 0 Å². The van der Waals surface area contributed by atoms with E-state index in [4.69, 9.17) is 5.73 Å². The van der Waals surface area contributed by atoms with Crippen molar-refractivity contribution in [1.82, 2.24) is 10.2 Å². The molecule has 0 spiro atoms. The molecule has 3 fully saturated rings. The Morgan fingerprint density at radius 2 is 1.15 bits per heavy atom. The van der Waals surface area contributed by atoms with E-state index in [2.05, 4.69) is 19.2 Å². The maximum Gasteiger partial charge on any atom is 0.248 e. The van der Waals surface area contributed by atoms with Gasteiger partial charge in [0, 0.05) is 16.6 Å². The third-order valence-corrected chi connectivity index (χ3v) is 9.22. The van der Waals surface area contributed by atoms with Crippen molar-refractivity contribution in [2.24, 2.45) is 11.1 Å². The van der Waals surface area contributed by atoms with E-state index in [1.54, 1.807) is 6.92 Å². The molecule has 3 aliphatic carbocycles. The number of primary amides is 1. The fraction of sp³-hybridized carbons (Fsp3) is 0.889. The number of nitrogens with zero attached hydrogens (tertiary/aromatic N) is 1. The van der Waals surface area contributed by atoms with E-state index in [0.29, 0.717) is 0 Å². The Balaban J connectivity index is 2.03. The molecule has 33 heavy (non-hydrogen) atoms. The van der Waals surface area contributed by atoms with Gasteiger partial charge in [-0.2, -0.15) is 0 Å². The number of nitrogens with two attached hydrogens (primary N) is 1. The summed E-state index contributed by atoms with van der Waals surface area (Å²) in [5.41, 5.74) is 3.01. The molecule has 3 saturated carbocycles. The maximum atomic E-state index is 14.6. The van der Waals surface area contributed by atoms with Gasteiger partial charge in [-0.15, -0.1) is 0 Å². The molecule has 0 heterocycles. The molecule has 0 aromatic rings. The molecule has 3 aliphatic rings. The molecule has 3 N–H and O–H groups in total. The van der Waals surface area contributed by atoms with Crippen LogP contribution in [0.1, 0.15) is 130 Å². The molecule has 3 rings (SSSR count). The minimum atomic E-state index is -1.86. The third kappa shape index (κ3) is 4.95. The topological polar surface area (TPSA) is 92.5 Å². The largest absolute Gasteiger partial charge is 0.368 e. The number of carbonyl (C=O) groups excluding carboxylic acids is 3. The van der Waals surface area contributed by atoms with Crippen molar-refractivity contribution in [3.63, 3.8) is 0 Å². The summed E-state index contributed by atoms with van der Waals surface area (Å²) in [5.74, 6) is -1.66. The summed E-state index contributed by atoms with van der Waals surface area (Å²) < 4.78 is 0. The predicted octanol–water partition coefficient (Wildman–Crippen LogP) is 4.98. The summed E-state index contributed by atoms with van der Waals surface area (Å²) in [6, 6.07) is 0. The number of rotatable bonds is 7. The Morgan fingerprint density at radius 1 is 0.758 bits per heavy atom. The van der Waals surface area contributed by atoms with Gasteiger partial charge in [0.25, 0.3) is 0 Å². The first-order valence-corrected chi connectivity index (χ1v) is 13.5. The molecule has 6 nitrogen and oxygen atoms in total. The molecule has 1 atom stereocenters. The minimum absolute atomic E-state index is 0.0890. The average Bonchev–Trinajstić information content (AvgIpc) is 2.75. The number of amides is 3. The van der Waals surface area contributed by atoms with Gasteiger partial charge in [-0.1, -0.05) is 64.7 Å². The van der Waals surface area contributed by atoms with Crippen LogP contribution >= 0.6 is 0 Å². The maximum absolute atomic E-state index is 14.6. The van der Waals surface area contributed by atoms with E-state index in [1.807, 2.05) is 11.8 Å². The van der Waals surface area contributed by atoms with Crippen LogP contribution in [-0.2, 0) is 14.4 Å². The average molecular weight is 462 g/mol. The van der Waals surface area contributed by atoms with Crippen LogP contribution in [0.15, 0.2) is 0 Å². The van der Waals surface area contributed by atoms with Gasteiger partial charge in [0.15, 0.2) is 0 Å². The number of nitrogens with one attached hydrogen (secondary N) is 1. The summed E-state index contributed by atoms with van der Waals surface area (Å²) in [6.07, 6.45) is 15.3. The van der Waals surface area contributed by atoms with Crippen LogP contribution in [0.5, 0.6) is 0 Å². The summed E-state index contributed by atoms with van der Waals surface area (Å²) in [7, 11) is 0. The number of hydrogen-bond donors (Lipinski definition) is 2. The monoisotopic (exact) mass is 461 g/mol. The second-order valence-corrected chi connectivity index (χ2v) is 12.0. The highest BCUT2D eigenvalue weighted by atomic mass is 16.2. The van der Waals surface area contributed by atoms with Gasteiger partial charge in [-0.3, -0.25) is 14.4 Å². The first kappa shape index (κ1) is 26.0. The Kier molecular flexibility index (Phi) is 7.85. The second kappa shape index (κ2) is 9.95. The molecule has 0 aromatic heterocycles. The van der Waals surface area contributed by atoms with Crippen LogP contribution in [0, 0.1) is 5.41 Å². The van der Waals surface area contributed by atoms with Crippen LogP contribution in [0.4, 0.5) is 0 Å². The quantitative estimate of drug-likeness (QED) is 0.524. The smallest absolute Gasteiger partial charge is 0.248 e. The number of hydrogen-bond acceptors (Lipinski definition) is 3. The van der Waals surface area contributed by atoms with Crippen molar-refractivity contribution < 1.29 is 14.4 Å². The van der Waals surface area contributed by atoms with Crippen molar-refractivity contribution in [3.8, 4) is 0 Å². The Labute approximate surface area is 200 Å². The van der Waals surface area contributed by atoms with Crippen molar-refractivity contribution in [2.75, 3.05) is 0 Å². The molecular weight excluding hydrogens is 414 g/mol. The third-order valence-electron chi connectivity index (χ3n) is 9.22. The van der Waals surface area contributed by atoms with E-state index in [-0.39, 0.29) is 28.9 Å². The van der Waals surface area contributed by atoms with Crippen LogP contribution in [-0.4, -0.2) is 39.2 Å². The minimum Gasteiger partial charge on any atom is -0.368 e. The van der Waals surface area contributed by atoms with Crippen LogP contribution in [0.2, 0.25) is 0 Å². The molecule has 1 unspecified atom stereocenters. The normalized spacial score (nSPS) is 25.9. The summed E-state index contributed by atoms with van der Waals surface area (Å²) in [4.78, 5) is 43.6. The van der Waals surface area contributed by atoms with Crippen molar-refractivity contribution in [3.05, 3.63) is 0 Å². The summed E-state index contributed by atoms with van der Waals surface area (Å²) >= 11 is 0. The lowest BCUT2D eigenvalue weighted by atomic mass is 9.70. The van der Waals surface area contributed by atoms with E-state index < -0.39 is 17.2 Å². The lowest BCUT2D eigenvalue weighted by Crippen LogP contribution is -2.70. The zero-order chi connectivity index (χ0) is 24.3. The van der Waals surface area contributed by atoms with Gasteiger partial charge in [0.1, 0.15) is 0 Å². The molecule has 3 amide bonds. The molecule has 0 radical (unpaired) electrons. The fourth-order valence-corrected chi connectivity index (χ4v) is 7.05. The first-order chi connectivity index (χ1) is 15.5. The molecule has 6 heteroatoms. The van der Waals surface area contributed by atoms with Crippen molar-refractivity contribution >= 4 is 17.7 Å². The molecule has 0 saturated heterocycles. The SMILES string of the molecule is CCC(C(N)=O)(C(=O)NC1(C)CCCCC1)C(=O)N(C1(C)CCCCC1)C1(C)CCCCC1. The Bertz CT molecular complexity index is 707. The highest BCUT2D eigenvalue weighted by Crippen LogP contribution is 2.46. The number of carbonyl (C=O) groups is 3. The first-order valence-electron chi connectivity index (χ1n) is 13.5. The van der Waals surface area contributed by atoms with E-state index in [9.17, 15) is 14.4 Å². The lowest BCUT2D eigenvalue weighted by molar-refractivity contribution is -0.170. The van der Waals surface area contributed by atoms with Gasteiger partial charge in [-0.05, 0) is 65.7 Å². The van der Waals surface area contributed by atoms with Gasteiger partial charge < -0.3 is 16.0 Å². The molecule has 188 valence electrons. The van der Waals surface area contributed by atoms with E-state index in [1.165, 1.54) is 12.8 Å². The highest BCUT2D eigenvalue weighted by Gasteiger charge is 2.59. The van der Waals surface area contributed by atoms with E-state index >= 15 is 0 Å². The lowest BCUT2D eigenvalue weighted by Gasteiger charge is -2.56. The van der Waals surface area contributed by atoms with Gasteiger partial charge in [-0.25, -0.2) is 0 Å². The summed E-state index contributed by atoms with van der Waals surface area (Å²) in [6.45, 7) is 8.14. The second-order valence-electron chi connectivity index (χ2n) is 12.0. The molecule has 0 aliphatic heterocycles. The molecule has 0 aromatic carbocycles. The van der Waals surface area contributed by atoms with Crippen LogP contribution in [0.25, 0.3) is 0 Å². The Morgan fingerprint density at radius 3 is 1.52 bits per heavy atom. The zero-order valence-electron chi connectivity index (χ0n) is 21.6. The van der Waals surface area contributed by atoms with Gasteiger partial charge in [0.05, 0.1) is 0 Å². The summed E-state index contributed by atoms with van der Waals surface area (Å²) in [5, 5.41) is 3.15. The molecule has 0 bridgehead atoms. The fourth-order valence-electron chi connectivity index (χ4n) is 7.05. The molecular formula is C27H47N3O3. The highest BCUT2D eigenvalue weighted by molar-refractivity contribution is 6.22. The van der Waals surface area contributed by atoms with Gasteiger partial charge in [0.2, 0.25) is 23.1 Å².